The first kappa shape index (κ1) is 15.1. The lowest BCUT2D eigenvalue weighted by molar-refractivity contribution is -0.274. The molecule has 1 saturated carbocycles. The summed E-state index contributed by atoms with van der Waals surface area (Å²) < 4.78 is 39.9. The summed E-state index contributed by atoms with van der Waals surface area (Å²) >= 11 is 0. The highest BCUT2D eigenvalue weighted by Crippen LogP contribution is 2.44. The molecule has 0 aromatic heterocycles. The third-order valence-corrected chi connectivity index (χ3v) is 3.69. The smallest absolute Gasteiger partial charge is 0.406 e. The molecule has 0 heterocycles. The maximum atomic E-state index is 12.0. The molecular weight excluding hydrogens is 271 g/mol. The topological polar surface area (TPSA) is 41.5 Å². The SMILES string of the molecule is CC(NCC1(CO)CC1)c1ccc(OC(F)(F)F)cc1. The number of aliphatic hydroxyl groups excluding tert-OH is 1. The van der Waals surface area contributed by atoms with Gasteiger partial charge in [0.25, 0.3) is 0 Å². The van der Waals surface area contributed by atoms with E-state index in [1.54, 1.807) is 12.1 Å². The van der Waals surface area contributed by atoms with Gasteiger partial charge >= 0.3 is 6.36 Å². The van der Waals surface area contributed by atoms with E-state index in [-0.39, 0.29) is 23.8 Å². The van der Waals surface area contributed by atoms with Crippen LogP contribution in [0.25, 0.3) is 0 Å². The number of rotatable bonds is 6. The molecular formula is C14H18F3NO2. The minimum absolute atomic E-state index is 0.00754. The molecule has 2 N–H and O–H groups in total. The minimum atomic E-state index is -4.66. The van der Waals surface area contributed by atoms with Crippen molar-refractivity contribution in [1.29, 1.82) is 0 Å². The summed E-state index contributed by atoms with van der Waals surface area (Å²) in [6.45, 7) is 2.82. The molecule has 20 heavy (non-hydrogen) atoms. The summed E-state index contributed by atoms with van der Waals surface area (Å²) in [6, 6.07) is 5.84. The van der Waals surface area contributed by atoms with E-state index < -0.39 is 6.36 Å². The van der Waals surface area contributed by atoms with Crippen molar-refractivity contribution < 1.29 is 23.0 Å². The molecule has 1 fully saturated rings. The number of aliphatic hydroxyl groups is 1. The fraction of sp³-hybridized carbons (Fsp3) is 0.571. The van der Waals surface area contributed by atoms with Gasteiger partial charge in [0.1, 0.15) is 5.75 Å². The van der Waals surface area contributed by atoms with E-state index in [9.17, 15) is 18.3 Å². The average molecular weight is 289 g/mol. The van der Waals surface area contributed by atoms with Gasteiger partial charge in [-0.25, -0.2) is 0 Å². The van der Waals surface area contributed by atoms with Gasteiger partial charge in [0, 0.05) is 24.6 Å². The van der Waals surface area contributed by atoms with E-state index in [0.717, 1.165) is 18.4 Å². The number of hydrogen-bond donors (Lipinski definition) is 2. The van der Waals surface area contributed by atoms with Crippen molar-refractivity contribution in [2.75, 3.05) is 13.2 Å². The monoisotopic (exact) mass is 289 g/mol. The molecule has 1 aliphatic carbocycles. The van der Waals surface area contributed by atoms with Crippen LogP contribution in [0.3, 0.4) is 0 Å². The van der Waals surface area contributed by atoms with Crippen molar-refractivity contribution in [3.05, 3.63) is 29.8 Å². The van der Waals surface area contributed by atoms with Crippen LogP contribution in [0.1, 0.15) is 31.4 Å². The van der Waals surface area contributed by atoms with E-state index in [1.165, 1.54) is 12.1 Å². The normalized spacial score (nSPS) is 18.6. The predicted molar refractivity (Wildman–Crippen MR) is 68.3 cm³/mol. The van der Waals surface area contributed by atoms with Gasteiger partial charge in [-0.2, -0.15) is 0 Å². The molecule has 1 atom stereocenters. The van der Waals surface area contributed by atoms with Crippen LogP contribution in [-0.4, -0.2) is 24.6 Å². The maximum Gasteiger partial charge on any atom is 0.573 e. The van der Waals surface area contributed by atoms with Gasteiger partial charge in [0.05, 0.1) is 0 Å². The maximum absolute atomic E-state index is 12.0. The van der Waals surface area contributed by atoms with Crippen LogP contribution in [0.4, 0.5) is 13.2 Å². The summed E-state index contributed by atoms with van der Waals surface area (Å²) in [5, 5.41) is 12.5. The van der Waals surface area contributed by atoms with Crippen molar-refractivity contribution in [1.82, 2.24) is 5.32 Å². The lowest BCUT2D eigenvalue weighted by atomic mass is 10.1. The number of nitrogens with one attached hydrogen (secondary N) is 1. The highest BCUT2D eigenvalue weighted by atomic mass is 19.4. The second kappa shape index (κ2) is 5.61. The Hall–Kier alpha value is -1.27. The number of benzene rings is 1. The molecule has 0 radical (unpaired) electrons. The molecule has 0 saturated heterocycles. The van der Waals surface area contributed by atoms with E-state index in [4.69, 9.17) is 0 Å². The number of hydrogen-bond acceptors (Lipinski definition) is 3. The van der Waals surface area contributed by atoms with Gasteiger partial charge in [-0.3, -0.25) is 0 Å². The second-order valence-corrected chi connectivity index (χ2v) is 5.38. The molecule has 3 nitrogen and oxygen atoms in total. The molecule has 0 bridgehead atoms. The summed E-state index contributed by atoms with van der Waals surface area (Å²) in [6.07, 6.45) is -2.63. The number of halogens is 3. The Kier molecular flexibility index (Phi) is 4.25. The second-order valence-electron chi connectivity index (χ2n) is 5.38. The summed E-state index contributed by atoms with van der Waals surface area (Å²) in [5.41, 5.74) is 0.890. The lowest BCUT2D eigenvalue weighted by Crippen LogP contribution is -2.28. The van der Waals surface area contributed by atoms with E-state index >= 15 is 0 Å². The van der Waals surface area contributed by atoms with Crippen LogP contribution in [-0.2, 0) is 0 Å². The fourth-order valence-corrected chi connectivity index (χ4v) is 2.01. The van der Waals surface area contributed by atoms with E-state index in [0.29, 0.717) is 6.54 Å². The van der Waals surface area contributed by atoms with Crippen LogP contribution in [0.15, 0.2) is 24.3 Å². The Morgan fingerprint density at radius 3 is 2.35 bits per heavy atom. The Morgan fingerprint density at radius 2 is 1.90 bits per heavy atom. The third-order valence-electron chi connectivity index (χ3n) is 3.69. The number of ether oxygens (including phenoxy) is 1. The van der Waals surface area contributed by atoms with Crippen LogP contribution < -0.4 is 10.1 Å². The van der Waals surface area contributed by atoms with Gasteiger partial charge in [-0.1, -0.05) is 12.1 Å². The molecule has 2 rings (SSSR count). The molecule has 1 unspecified atom stereocenters. The predicted octanol–water partition coefficient (Wildman–Crippen LogP) is 3.01. The zero-order valence-corrected chi connectivity index (χ0v) is 11.2. The molecule has 6 heteroatoms. The summed E-state index contributed by atoms with van der Waals surface area (Å²) in [7, 11) is 0. The molecule has 1 aromatic rings. The molecule has 0 amide bonds. The van der Waals surface area contributed by atoms with E-state index in [1.807, 2.05) is 6.92 Å². The average Bonchev–Trinajstić information content (AvgIpc) is 3.16. The van der Waals surface area contributed by atoms with Crippen LogP contribution in [0.5, 0.6) is 5.75 Å². The van der Waals surface area contributed by atoms with Gasteiger partial charge < -0.3 is 15.2 Å². The highest BCUT2D eigenvalue weighted by molar-refractivity contribution is 5.29. The van der Waals surface area contributed by atoms with Gasteiger partial charge in [-0.05, 0) is 37.5 Å². The highest BCUT2D eigenvalue weighted by Gasteiger charge is 2.41. The first-order chi connectivity index (χ1) is 9.34. The molecule has 0 spiro atoms. The molecule has 112 valence electrons. The zero-order valence-electron chi connectivity index (χ0n) is 11.2. The van der Waals surface area contributed by atoms with Crippen molar-refractivity contribution in [3.8, 4) is 5.75 Å². The first-order valence-corrected chi connectivity index (χ1v) is 6.54. The van der Waals surface area contributed by atoms with Crippen LogP contribution in [0.2, 0.25) is 0 Å². The van der Waals surface area contributed by atoms with Gasteiger partial charge in [0.2, 0.25) is 0 Å². The van der Waals surface area contributed by atoms with Crippen molar-refractivity contribution in [2.45, 2.75) is 32.2 Å². The molecule has 1 aromatic carbocycles. The quantitative estimate of drug-likeness (QED) is 0.846. The minimum Gasteiger partial charge on any atom is -0.406 e. The largest absolute Gasteiger partial charge is 0.573 e. The van der Waals surface area contributed by atoms with Gasteiger partial charge in [0.15, 0.2) is 0 Å². The van der Waals surface area contributed by atoms with Crippen molar-refractivity contribution in [2.24, 2.45) is 5.41 Å². The number of alkyl halides is 3. The Morgan fingerprint density at radius 1 is 1.30 bits per heavy atom. The first-order valence-electron chi connectivity index (χ1n) is 6.54. The summed E-state index contributed by atoms with van der Waals surface area (Å²) in [4.78, 5) is 0. The molecule has 1 aliphatic rings. The van der Waals surface area contributed by atoms with E-state index in [2.05, 4.69) is 10.1 Å². The van der Waals surface area contributed by atoms with Crippen molar-refractivity contribution >= 4 is 0 Å². The Labute approximate surface area is 115 Å². The lowest BCUT2D eigenvalue weighted by Gasteiger charge is -2.19. The zero-order chi connectivity index (χ0) is 14.8. The standard InChI is InChI=1S/C14H18F3NO2/c1-10(18-8-13(9-19)6-7-13)11-2-4-12(5-3-11)20-14(15,16)17/h2-5,10,18-19H,6-9H2,1H3. The van der Waals surface area contributed by atoms with Crippen LogP contribution >= 0.6 is 0 Å². The fourth-order valence-electron chi connectivity index (χ4n) is 2.01. The Balaban J connectivity index is 1.89. The molecule has 0 aliphatic heterocycles. The Bertz CT molecular complexity index is 441. The summed E-state index contributed by atoms with van der Waals surface area (Å²) in [5.74, 6) is -0.220. The van der Waals surface area contributed by atoms with Crippen molar-refractivity contribution in [3.63, 3.8) is 0 Å². The van der Waals surface area contributed by atoms with Gasteiger partial charge in [-0.15, -0.1) is 13.2 Å². The van der Waals surface area contributed by atoms with Crippen LogP contribution in [0, 0.1) is 5.41 Å². The third kappa shape index (κ3) is 4.11.